The van der Waals surface area contributed by atoms with E-state index in [0.29, 0.717) is 0 Å². The average molecular weight is 198 g/mol. The van der Waals surface area contributed by atoms with E-state index in [-0.39, 0.29) is 0 Å². The number of hydrogen-bond donors (Lipinski definition) is 0. The Hall–Kier alpha value is -1.04. The Labute approximate surface area is 92.0 Å². The third kappa shape index (κ3) is 1.52. The lowest BCUT2D eigenvalue weighted by Crippen LogP contribution is -2.11. The summed E-state index contributed by atoms with van der Waals surface area (Å²) in [6, 6.07) is 10.7. The van der Waals surface area contributed by atoms with Gasteiger partial charge in [-0.2, -0.15) is 0 Å². The summed E-state index contributed by atoms with van der Waals surface area (Å²) in [7, 11) is 0. The minimum atomic E-state index is 0.783. The smallest absolute Gasteiger partial charge is 0.0131 e. The maximum Gasteiger partial charge on any atom is -0.0131 e. The predicted octanol–water partition coefficient (Wildman–Crippen LogP) is 4.14. The van der Waals surface area contributed by atoms with Crippen molar-refractivity contribution in [3.8, 4) is 0 Å². The third-order valence-corrected chi connectivity index (χ3v) is 4.33. The van der Waals surface area contributed by atoms with E-state index in [1.807, 2.05) is 0 Å². The molecule has 3 unspecified atom stereocenters. The summed E-state index contributed by atoms with van der Waals surface area (Å²) < 4.78 is 0. The Balaban J connectivity index is 1.81. The van der Waals surface area contributed by atoms with Crippen molar-refractivity contribution in [3.63, 3.8) is 0 Å². The van der Waals surface area contributed by atoms with E-state index in [4.69, 9.17) is 0 Å². The quantitative estimate of drug-likeness (QED) is 0.670. The van der Waals surface area contributed by atoms with Crippen LogP contribution in [0.2, 0.25) is 0 Å². The summed E-state index contributed by atoms with van der Waals surface area (Å²) in [5, 5.41) is 0. The molecule has 0 aromatic heterocycles. The maximum atomic E-state index is 4.33. The van der Waals surface area contributed by atoms with Gasteiger partial charge in [0.25, 0.3) is 0 Å². The molecule has 2 aliphatic rings. The number of allylic oxidation sites excluding steroid dienone is 1. The zero-order valence-corrected chi connectivity index (χ0v) is 9.15. The molecule has 3 atom stereocenters. The number of fused-ring (bicyclic) bond motifs is 2. The first-order chi connectivity index (χ1) is 7.34. The van der Waals surface area contributed by atoms with Crippen LogP contribution in [0.15, 0.2) is 36.9 Å². The fourth-order valence-electron chi connectivity index (χ4n) is 3.54. The number of rotatable bonds is 2. The highest BCUT2D eigenvalue weighted by molar-refractivity contribution is 5.65. The van der Waals surface area contributed by atoms with Gasteiger partial charge in [0.1, 0.15) is 0 Å². The van der Waals surface area contributed by atoms with E-state index >= 15 is 0 Å². The minimum absolute atomic E-state index is 0.783. The molecule has 0 N–H and O–H groups in total. The van der Waals surface area contributed by atoms with Crippen LogP contribution in [0.25, 0.3) is 5.57 Å². The van der Waals surface area contributed by atoms with Gasteiger partial charge in [-0.05, 0) is 48.2 Å². The molecule has 2 saturated carbocycles. The van der Waals surface area contributed by atoms with Gasteiger partial charge in [-0.15, -0.1) is 0 Å². The van der Waals surface area contributed by atoms with Crippen molar-refractivity contribution in [1.82, 2.24) is 0 Å². The minimum Gasteiger partial charge on any atom is -0.0949 e. The van der Waals surface area contributed by atoms with Gasteiger partial charge < -0.3 is 0 Å². The Morgan fingerprint density at radius 1 is 1.07 bits per heavy atom. The zero-order valence-electron chi connectivity index (χ0n) is 9.15. The highest BCUT2D eigenvalue weighted by Crippen LogP contribution is 2.52. The molecule has 0 heterocycles. The van der Waals surface area contributed by atoms with Gasteiger partial charge in [0.2, 0.25) is 0 Å². The molecule has 0 radical (unpaired) electrons. The molecule has 1 aromatic rings. The molecule has 0 saturated heterocycles. The van der Waals surface area contributed by atoms with Gasteiger partial charge in [-0.3, -0.25) is 0 Å². The van der Waals surface area contributed by atoms with E-state index < -0.39 is 0 Å². The molecule has 15 heavy (non-hydrogen) atoms. The molecule has 0 spiro atoms. The second-order valence-electron chi connectivity index (χ2n) is 5.17. The summed E-state index contributed by atoms with van der Waals surface area (Å²) in [4.78, 5) is 0. The first kappa shape index (κ1) is 9.21. The number of benzene rings is 1. The van der Waals surface area contributed by atoms with E-state index in [0.717, 1.165) is 17.8 Å². The first-order valence-electron chi connectivity index (χ1n) is 6.09. The van der Waals surface area contributed by atoms with Crippen molar-refractivity contribution in [1.29, 1.82) is 0 Å². The van der Waals surface area contributed by atoms with Gasteiger partial charge in [0.05, 0.1) is 0 Å². The largest absolute Gasteiger partial charge is 0.0949 e. The SMILES string of the molecule is C=C(c1ccccc1)C1CC2CCC1C2. The summed E-state index contributed by atoms with van der Waals surface area (Å²) >= 11 is 0. The summed E-state index contributed by atoms with van der Waals surface area (Å²) in [5.74, 6) is 2.74. The van der Waals surface area contributed by atoms with E-state index in [1.54, 1.807) is 0 Å². The topological polar surface area (TPSA) is 0 Å². The van der Waals surface area contributed by atoms with E-state index in [9.17, 15) is 0 Å². The second kappa shape index (κ2) is 3.52. The lowest BCUT2D eigenvalue weighted by Gasteiger charge is -2.24. The van der Waals surface area contributed by atoms with Crippen LogP contribution >= 0.6 is 0 Å². The molecular weight excluding hydrogens is 180 g/mol. The zero-order chi connectivity index (χ0) is 10.3. The van der Waals surface area contributed by atoms with Crippen LogP contribution in [0.1, 0.15) is 31.2 Å². The van der Waals surface area contributed by atoms with Crippen LogP contribution in [0, 0.1) is 17.8 Å². The van der Waals surface area contributed by atoms with Crippen molar-refractivity contribution >= 4 is 5.57 Å². The monoisotopic (exact) mass is 198 g/mol. The van der Waals surface area contributed by atoms with Gasteiger partial charge >= 0.3 is 0 Å². The van der Waals surface area contributed by atoms with Crippen molar-refractivity contribution < 1.29 is 0 Å². The maximum absolute atomic E-state index is 4.33. The Morgan fingerprint density at radius 3 is 2.47 bits per heavy atom. The van der Waals surface area contributed by atoms with Crippen molar-refractivity contribution in [3.05, 3.63) is 42.5 Å². The van der Waals surface area contributed by atoms with Gasteiger partial charge in [0, 0.05) is 0 Å². The first-order valence-corrected chi connectivity index (χ1v) is 6.09. The Bertz CT molecular complexity index is 363. The third-order valence-electron chi connectivity index (χ3n) is 4.33. The van der Waals surface area contributed by atoms with Crippen LogP contribution in [0.3, 0.4) is 0 Å². The number of hydrogen-bond acceptors (Lipinski definition) is 0. The predicted molar refractivity (Wildman–Crippen MR) is 64.4 cm³/mol. The van der Waals surface area contributed by atoms with Crippen LogP contribution < -0.4 is 0 Å². The fourth-order valence-corrected chi connectivity index (χ4v) is 3.54. The van der Waals surface area contributed by atoms with Gasteiger partial charge in [0.15, 0.2) is 0 Å². The highest BCUT2D eigenvalue weighted by atomic mass is 14.4. The second-order valence-corrected chi connectivity index (χ2v) is 5.17. The van der Waals surface area contributed by atoms with Crippen LogP contribution in [0.4, 0.5) is 0 Å². The normalized spacial score (nSPS) is 33.2. The standard InChI is InChI=1S/C15H18/c1-11(13-5-3-2-4-6-13)15-10-12-7-8-14(15)9-12/h2-6,12,14-15H,1,7-10H2. The summed E-state index contributed by atoms with van der Waals surface area (Å²) in [6.45, 7) is 4.33. The molecule has 2 fully saturated rings. The van der Waals surface area contributed by atoms with Gasteiger partial charge in [-0.1, -0.05) is 43.3 Å². The molecule has 1 aromatic carbocycles. The van der Waals surface area contributed by atoms with Crippen LogP contribution in [-0.4, -0.2) is 0 Å². The van der Waals surface area contributed by atoms with Crippen LogP contribution in [-0.2, 0) is 0 Å². The summed E-state index contributed by atoms with van der Waals surface area (Å²) in [5.41, 5.74) is 2.75. The van der Waals surface area contributed by atoms with E-state index in [1.165, 1.54) is 36.8 Å². The Morgan fingerprint density at radius 2 is 1.87 bits per heavy atom. The molecule has 0 aliphatic heterocycles. The molecule has 2 aliphatic carbocycles. The molecule has 78 valence electrons. The van der Waals surface area contributed by atoms with Crippen molar-refractivity contribution in [2.45, 2.75) is 25.7 Å². The molecule has 3 rings (SSSR count). The van der Waals surface area contributed by atoms with Crippen molar-refractivity contribution in [2.24, 2.45) is 17.8 Å². The van der Waals surface area contributed by atoms with Crippen molar-refractivity contribution in [2.75, 3.05) is 0 Å². The molecular formula is C15H18. The molecule has 2 bridgehead atoms. The fraction of sp³-hybridized carbons (Fsp3) is 0.467. The lowest BCUT2D eigenvalue weighted by atomic mass is 9.81. The molecule has 0 heteroatoms. The molecule has 0 amide bonds. The van der Waals surface area contributed by atoms with Gasteiger partial charge in [-0.25, -0.2) is 0 Å². The van der Waals surface area contributed by atoms with E-state index in [2.05, 4.69) is 36.9 Å². The highest BCUT2D eigenvalue weighted by Gasteiger charge is 2.40. The molecule has 0 nitrogen and oxygen atoms in total. The summed E-state index contributed by atoms with van der Waals surface area (Å²) in [6.07, 6.45) is 5.79. The van der Waals surface area contributed by atoms with Crippen LogP contribution in [0.5, 0.6) is 0 Å². The average Bonchev–Trinajstić information content (AvgIpc) is 2.91. The Kier molecular flexibility index (Phi) is 2.16. The lowest BCUT2D eigenvalue weighted by molar-refractivity contribution is 0.405.